The number of alkyl halides is 1. The third-order valence-electron chi connectivity index (χ3n) is 8.95. The van der Waals surface area contributed by atoms with E-state index in [0.29, 0.717) is 24.2 Å². The van der Waals surface area contributed by atoms with Crippen LogP contribution in [0.3, 0.4) is 0 Å². The first kappa shape index (κ1) is 36.2. The Balaban J connectivity index is 0.000000197. The van der Waals surface area contributed by atoms with Crippen molar-refractivity contribution in [2.24, 2.45) is 17.8 Å². The van der Waals surface area contributed by atoms with Gasteiger partial charge in [0, 0.05) is 10.2 Å². The van der Waals surface area contributed by atoms with Crippen LogP contribution in [0.15, 0.2) is 108 Å². The maximum absolute atomic E-state index is 14.0. The zero-order valence-electron chi connectivity index (χ0n) is 26.2. The van der Waals surface area contributed by atoms with E-state index in [1.807, 2.05) is 40.6 Å². The molecule has 3 unspecified atom stereocenters. The van der Waals surface area contributed by atoms with Gasteiger partial charge >= 0.3 is 21.7 Å². The second-order valence-corrected chi connectivity index (χ2v) is 13.2. The number of rotatable bonds is 1. The summed E-state index contributed by atoms with van der Waals surface area (Å²) in [6.07, 6.45) is 8.61. The van der Waals surface area contributed by atoms with Crippen molar-refractivity contribution in [3.63, 3.8) is 0 Å². The minimum Gasteiger partial charge on any atom is -0.672 e. The first-order valence-corrected chi connectivity index (χ1v) is 15.5. The van der Waals surface area contributed by atoms with Gasteiger partial charge in [0.15, 0.2) is 0 Å². The van der Waals surface area contributed by atoms with Gasteiger partial charge in [-0.3, -0.25) is 6.08 Å². The monoisotopic (exact) mass is 613 g/mol. The maximum atomic E-state index is 14.0. The Morgan fingerprint density at radius 3 is 1.45 bits per heavy atom. The van der Waals surface area contributed by atoms with Gasteiger partial charge in [-0.1, -0.05) is 136 Å². The van der Waals surface area contributed by atoms with Gasteiger partial charge in [0.1, 0.15) is 5.67 Å². The third-order valence-corrected chi connectivity index (χ3v) is 9.42. The molecule has 3 aromatic rings. The summed E-state index contributed by atoms with van der Waals surface area (Å²) in [5, 5.41) is 1.35. The minimum atomic E-state index is -0.925. The van der Waals surface area contributed by atoms with E-state index < -0.39 is 5.67 Å². The molecular formula is C38H48FNSiTi. The summed E-state index contributed by atoms with van der Waals surface area (Å²) in [5.74, 6) is 1.66. The summed E-state index contributed by atoms with van der Waals surface area (Å²) in [5.41, 5.74) is 13.6. The molecule has 3 aromatic carbocycles. The zero-order valence-corrected chi connectivity index (χ0v) is 29.2. The molecule has 0 aromatic heterocycles. The van der Waals surface area contributed by atoms with Crippen LogP contribution < -0.4 is 5.19 Å². The summed E-state index contributed by atoms with van der Waals surface area (Å²) >= 11 is 0. The predicted molar refractivity (Wildman–Crippen MR) is 178 cm³/mol. The molecule has 1 N–H and O–H groups in total. The molecule has 0 saturated heterocycles. The molecule has 5 aliphatic rings. The first-order chi connectivity index (χ1) is 19.1. The maximum Gasteiger partial charge on any atom is 3.00 e. The van der Waals surface area contributed by atoms with Crippen LogP contribution in [0.2, 0.25) is 0 Å². The van der Waals surface area contributed by atoms with Gasteiger partial charge in [0.2, 0.25) is 0 Å². The molecule has 8 rings (SSSR count). The van der Waals surface area contributed by atoms with E-state index in [-0.39, 0.29) is 34.7 Å². The van der Waals surface area contributed by atoms with E-state index in [9.17, 15) is 4.39 Å². The normalized spacial score (nSPS) is 27.9. The molecular weight excluding hydrogens is 565 g/mol. The van der Waals surface area contributed by atoms with Crippen LogP contribution in [0.1, 0.15) is 66.2 Å². The number of nitrogens with one attached hydrogen (secondary N) is 1. The molecule has 5 aliphatic carbocycles. The molecule has 4 bridgehead atoms. The van der Waals surface area contributed by atoms with Gasteiger partial charge in [0.25, 0.3) is 0 Å². The molecule has 42 heavy (non-hydrogen) atoms. The molecule has 4 heteroatoms. The van der Waals surface area contributed by atoms with Crippen molar-refractivity contribution < 1.29 is 26.1 Å². The molecule has 1 nitrogen and oxygen atoms in total. The van der Waals surface area contributed by atoms with Crippen LogP contribution in [0.5, 0.6) is 0 Å². The van der Waals surface area contributed by atoms with Crippen LogP contribution in [0.4, 0.5) is 4.39 Å². The summed E-state index contributed by atoms with van der Waals surface area (Å²) in [6, 6.07) is 31.1. The largest absolute Gasteiger partial charge is 3.00 e. The Bertz CT molecular complexity index is 1220. The van der Waals surface area contributed by atoms with E-state index in [1.54, 1.807) is 0 Å². The van der Waals surface area contributed by atoms with Gasteiger partial charge in [0.05, 0.1) is 0 Å². The average molecular weight is 614 g/mol. The molecule has 2 radical (unpaired) electrons. The second-order valence-electron chi connectivity index (χ2n) is 12.4. The standard InChI is InChI=1S/C12H10.C10H15FN.C9H13.C6H7Si.CH3.Ti/c1-3-7-11(8-4-1)12-9-5-2-6-10-12;11-9-2-7-1-8(3-9)5-10(12,4-7)6-9;1-6-5-7(2)9(4)8(6)3;7-6-4-2-1-3-5-6;;/h1-10H;7-8,12H,1-6H2;6H,1-4H3;1-5H,7H2;1H3;/q;2*-1;;-1;+3. The zero-order chi connectivity index (χ0) is 28.8. The topological polar surface area (TPSA) is 23.8 Å². The van der Waals surface area contributed by atoms with E-state index in [4.69, 9.17) is 5.73 Å². The summed E-state index contributed by atoms with van der Waals surface area (Å²) < 4.78 is 14.0. The van der Waals surface area contributed by atoms with E-state index in [2.05, 4.69) is 94.4 Å². The van der Waals surface area contributed by atoms with E-state index >= 15 is 0 Å². The Hall–Kier alpha value is -2.04. The Kier molecular flexibility index (Phi) is 13.9. The number of allylic oxidation sites excluding steroid dienone is 4. The fourth-order valence-corrected chi connectivity index (χ4v) is 7.32. The van der Waals surface area contributed by atoms with Crippen molar-refractivity contribution in [2.75, 3.05) is 0 Å². The molecule has 4 fully saturated rings. The first-order valence-electron chi connectivity index (χ1n) is 14.8. The molecule has 4 saturated carbocycles. The second kappa shape index (κ2) is 16.2. The van der Waals surface area contributed by atoms with Crippen molar-refractivity contribution in [2.45, 2.75) is 77.4 Å². The van der Waals surface area contributed by atoms with Crippen molar-refractivity contribution in [1.29, 1.82) is 0 Å². The molecule has 0 spiro atoms. The van der Waals surface area contributed by atoms with Crippen LogP contribution >= 0.6 is 0 Å². The molecule has 0 amide bonds. The molecule has 0 heterocycles. The van der Waals surface area contributed by atoms with Crippen molar-refractivity contribution in [1.82, 2.24) is 0 Å². The predicted octanol–water partition coefficient (Wildman–Crippen LogP) is 9.57. The van der Waals surface area contributed by atoms with Crippen LogP contribution in [0, 0.1) is 31.3 Å². The number of benzene rings is 3. The summed E-state index contributed by atoms with van der Waals surface area (Å²) in [6.45, 7) is 8.67. The fourth-order valence-electron chi connectivity index (χ4n) is 7.05. The van der Waals surface area contributed by atoms with Gasteiger partial charge in [-0.15, -0.1) is 12.5 Å². The Labute approximate surface area is 273 Å². The summed E-state index contributed by atoms with van der Waals surface area (Å²) in [7, 11) is 1.90. The van der Waals surface area contributed by atoms with Crippen LogP contribution in [0.25, 0.3) is 16.9 Å². The third kappa shape index (κ3) is 10.0. The average Bonchev–Trinajstić information content (AvgIpc) is 3.14. The number of hydrogen-bond donors (Lipinski definition) is 0. The molecule has 220 valence electrons. The molecule has 0 aliphatic heterocycles. The van der Waals surface area contributed by atoms with Crippen LogP contribution in [-0.2, 0) is 21.7 Å². The Morgan fingerprint density at radius 1 is 0.762 bits per heavy atom. The smallest absolute Gasteiger partial charge is 0.672 e. The molecule has 3 atom stereocenters. The summed E-state index contributed by atoms with van der Waals surface area (Å²) in [4.78, 5) is 0. The van der Waals surface area contributed by atoms with E-state index in [0.717, 1.165) is 25.7 Å². The van der Waals surface area contributed by atoms with Crippen LogP contribution in [-0.4, -0.2) is 21.5 Å². The van der Waals surface area contributed by atoms with E-state index in [1.165, 1.54) is 39.5 Å². The van der Waals surface area contributed by atoms with Crippen molar-refractivity contribution in [3.8, 4) is 11.1 Å². The van der Waals surface area contributed by atoms with Gasteiger partial charge in [-0.25, -0.2) is 9.96 Å². The van der Waals surface area contributed by atoms with Gasteiger partial charge in [-0.05, 0) is 48.6 Å². The van der Waals surface area contributed by atoms with Gasteiger partial charge < -0.3 is 13.2 Å². The quantitative estimate of drug-likeness (QED) is 0.193. The Morgan fingerprint density at radius 2 is 1.19 bits per heavy atom. The number of halogens is 1. The van der Waals surface area contributed by atoms with Crippen molar-refractivity contribution >= 4 is 15.4 Å². The SMILES string of the molecule is CC1=[C-]C(C)C(C)=C1C.[CH3-].[NH-]C12CC3CC(C1)CC(F)(C3)C2.[SiH2]c1ccccc1.[Ti+3].c1ccc(-c2ccccc2)cc1. The number of hydrogen-bond acceptors (Lipinski definition) is 0. The fraction of sp³-hybridized carbons (Fsp3) is 0.395. The van der Waals surface area contributed by atoms with Gasteiger partial charge in [-0.2, -0.15) is 11.1 Å². The minimum absolute atomic E-state index is 0. The van der Waals surface area contributed by atoms with Crippen molar-refractivity contribution in [3.05, 3.63) is 127 Å².